The lowest BCUT2D eigenvalue weighted by Gasteiger charge is -2.07. The zero-order valence-corrected chi connectivity index (χ0v) is 16.1. The lowest BCUT2D eigenvalue weighted by molar-refractivity contribution is 0.102. The highest BCUT2D eigenvalue weighted by Crippen LogP contribution is 2.38. The SMILES string of the molecule is Cc1cc(C(=O)CSc2nnnn2-c2cccc(Cl)c2)c(C)n1C1CC1. The Hall–Kier alpha value is -2.12. The van der Waals surface area contributed by atoms with E-state index in [2.05, 4.69) is 27.0 Å². The lowest BCUT2D eigenvalue weighted by Crippen LogP contribution is -2.07. The normalized spacial score (nSPS) is 14.0. The Labute approximate surface area is 160 Å². The molecule has 8 heteroatoms. The van der Waals surface area contributed by atoms with Crippen molar-refractivity contribution in [3.8, 4) is 5.69 Å². The molecule has 0 bridgehead atoms. The largest absolute Gasteiger partial charge is 0.345 e. The van der Waals surface area contributed by atoms with Crippen molar-refractivity contribution in [2.75, 3.05) is 5.75 Å². The zero-order chi connectivity index (χ0) is 18.3. The van der Waals surface area contributed by atoms with E-state index in [9.17, 15) is 4.79 Å². The molecule has 0 spiro atoms. The van der Waals surface area contributed by atoms with Crippen LogP contribution in [0, 0.1) is 13.8 Å². The quantitative estimate of drug-likeness (QED) is 0.471. The van der Waals surface area contributed by atoms with E-state index in [0.29, 0.717) is 16.2 Å². The summed E-state index contributed by atoms with van der Waals surface area (Å²) in [5.74, 6) is 0.381. The number of carbonyl (C=O) groups is 1. The predicted molar refractivity (Wildman–Crippen MR) is 101 cm³/mol. The van der Waals surface area contributed by atoms with Crippen molar-refractivity contribution in [2.45, 2.75) is 37.9 Å². The summed E-state index contributed by atoms with van der Waals surface area (Å²) in [5.41, 5.74) is 3.78. The summed E-state index contributed by atoms with van der Waals surface area (Å²) < 4.78 is 3.88. The fraction of sp³-hybridized carbons (Fsp3) is 0.333. The van der Waals surface area contributed by atoms with Crippen molar-refractivity contribution in [1.82, 2.24) is 24.8 Å². The van der Waals surface area contributed by atoms with Gasteiger partial charge in [-0.2, -0.15) is 4.68 Å². The summed E-state index contributed by atoms with van der Waals surface area (Å²) in [6, 6.07) is 9.85. The summed E-state index contributed by atoms with van der Waals surface area (Å²) >= 11 is 7.37. The number of hydrogen-bond acceptors (Lipinski definition) is 5. The first-order valence-corrected chi connectivity index (χ1v) is 9.79. The molecule has 6 nitrogen and oxygen atoms in total. The van der Waals surface area contributed by atoms with Crippen LogP contribution in [0.15, 0.2) is 35.5 Å². The van der Waals surface area contributed by atoms with E-state index in [-0.39, 0.29) is 11.5 Å². The summed E-state index contributed by atoms with van der Waals surface area (Å²) in [7, 11) is 0. The number of ketones is 1. The van der Waals surface area contributed by atoms with Crippen LogP contribution in [-0.4, -0.2) is 36.3 Å². The van der Waals surface area contributed by atoms with Crippen molar-refractivity contribution < 1.29 is 4.79 Å². The fourth-order valence-corrected chi connectivity index (χ4v) is 4.16. The van der Waals surface area contributed by atoms with Gasteiger partial charge in [-0.15, -0.1) is 5.10 Å². The third-order valence-corrected chi connectivity index (χ3v) is 5.68. The van der Waals surface area contributed by atoms with Crippen molar-refractivity contribution in [3.63, 3.8) is 0 Å². The standard InChI is InChI=1S/C18H18ClN5OS/c1-11-8-16(12(2)23(11)14-6-7-14)17(25)10-26-18-20-21-22-24(18)15-5-3-4-13(19)9-15/h3-5,8-9,14H,6-7,10H2,1-2H3. The van der Waals surface area contributed by atoms with Crippen LogP contribution >= 0.6 is 23.4 Å². The van der Waals surface area contributed by atoms with Gasteiger partial charge in [0.1, 0.15) is 0 Å². The lowest BCUT2D eigenvalue weighted by atomic mass is 10.2. The van der Waals surface area contributed by atoms with E-state index in [0.717, 1.165) is 22.6 Å². The molecule has 0 atom stereocenters. The molecule has 1 aromatic carbocycles. The number of tetrazole rings is 1. The molecule has 0 N–H and O–H groups in total. The maximum Gasteiger partial charge on any atom is 0.214 e. The van der Waals surface area contributed by atoms with Gasteiger partial charge in [-0.25, -0.2) is 0 Å². The van der Waals surface area contributed by atoms with Crippen LogP contribution < -0.4 is 0 Å². The third-order valence-electron chi connectivity index (χ3n) is 4.52. The van der Waals surface area contributed by atoms with Crippen molar-refractivity contribution >= 4 is 29.1 Å². The minimum absolute atomic E-state index is 0.0932. The Bertz CT molecular complexity index is 976. The minimum atomic E-state index is 0.0932. The molecule has 1 fully saturated rings. The maximum absolute atomic E-state index is 12.7. The molecule has 1 saturated carbocycles. The van der Waals surface area contributed by atoms with Crippen molar-refractivity contribution in [1.29, 1.82) is 0 Å². The van der Waals surface area contributed by atoms with Crippen LogP contribution in [0.5, 0.6) is 0 Å². The monoisotopic (exact) mass is 387 g/mol. The summed E-state index contributed by atoms with van der Waals surface area (Å²) in [6.45, 7) is 4.09. The molecule has 2 aromatic heterocycles. The second-order valence-corrected chi connectivity index (χ2v) is 7.83. The first-order chi connectivity index (χ1) is 12.5. The van der Waals surface area contributed by atoms with Crippen LogP contribution in [0.4, 0.5) is 0 Å². The molecular formula is C18H18ClN5OS. The van der Waals surface area contributed by atoms with Crippen molar-refractivity contribution in [3.05, 3.63) is 52.3 Å². The summed E-state index contributed by atoms with van der Waals surface area (Å²) in [4.78, 5) is 12.7. The smallest absolute Gasteiger partial charge is 0.214 e. The molecule has 2 heterocycles. The number of halogens is 1. The number of aryl methyl sites for hydroxylation is 1. The Kier molecular flexibility index (Phi) is 4.58. The summed E-state index contributed by atoms with van der Waals surface area (Å²) in [5, 5.41) is 12.9. The van der Waals surface area contributed by atoms with Gasteiger partial charge in [0.2, 0.25) is 5.16 Å². The summed E-state index contributed by atoms with van der Waals surface area (Å²) in [6.07, 6.45) is 2.40. The Morgan fingerprint density at radius 2 is 2.12 bits per heavy atom. The van der Waals surface area contributed by atoms with E-state index in [1.807, 2.05) is 25.1 Å². The van der Waals surface area contributed by atoms with Gasteiger partial charge in [0.15, 0.2) is 5.78 Å². The van der Waals surface area contributed by atoms with Gasteiger partial charge in [0.05, 0.1) is 11.4 Å². The Balaban J connectivity index is 1.51. The van der Waals surface area contributed by atoms with Gasteiger partial charge in [0.25, 0.3) is 0 Å². The van der Waals surface area contributed by atoms with Gasteiger partial charge >= 0.3 is 0 Å². The maximum atomic E-state index is 12.7. The molecule has 26 heavy (non-hydrogen) atoms. The number of carbonyl (C=O) groups excluding carboxylic acids is 1. The van der Waals surface area contributed by atoms with Crippen LogP contribution in [0.1, 0.15) is 40.6 Å². The molecule has 0 radical (unpaired) electrons. The number of rotatable bonds is 6. The highest BCUT2D eigenvalue weighted by Gasteiger charge is 2.28. The number of benzene rings is 1. The first kappa shape index (κ1) is 17.3. The van der Waals surface area contributed by atoms with Gasteiger partial charge in [0, 0.05) is 28.0 Å². The van der Waals surface area contributed by atoms with E-state index >= 15 is 0 Å². The fourth-order valence-electron chi connectivity index (χ4n) is 3.20. The van der Waals surface area contributed by atoms with Gasteiger partial charge in [-0.1, -0.05) is 29.4 Å². The number of Topliss-reactive ketones (excluding diaryl/α,β-unsaturated/α-hetero) is 1. The average Bonchev–Trinajstić information content (AvgIpc) is 3.25. The number of thioether (sulfide) groups is 1. The first-order valence-electron chi connectivity index (χ1n) is 8.43. The van der Waals surface area contributed by atoms with Gasteiger partial charge < -0.3 is 4.57 Å². The highest BCUT2D eigenvalue weighted by atomic mass is 35.5. The second-order valence-electron chi connectivity index (χ2n) is 6.45. The van der Waals surface area contributed by atoms with Crippen LogP contribution in [0.3, 0.4) is 0 Å². The molecule has 1 aliphatic carbocycles. The van der Waals surface area contributed by atoms with Crippen LogP contribution in [0.2, 0.25) is 5.02 Å². The third kappa shape index (κ3) is 3.29. The van der Waals surface area contributed by atoms with Gasteiger partial charge in [-0.3, -0.25) is 4.79 Å². The average molecular weight is 388 g/mol. The van der Waals surface area contributed by atoms with Gasteiger partial charge in [-0.05, 0) is 61.4 Å². The number of hydrogen-bond donors (Lipinski definition) is 0. The topological polar surface area (TPSA) is 65.6 Å². The molecule has 0 amide bonds. The zero-order valence-electron chi connectivity index (χ0n) is 14.5. The van der Waals surface area contributed by atoms with E-state index < -0.39 is 0 Å². The van der Waals surface area contributed by atoms with E-state index in [1.54, 1.807) is 16.8 Å². The molecule has 4 rings (SSSR count). The molecule has 134 valence electrons. The van der Waals surface area contributed by atoms with Crippen molar-refractivity contribution in [2.24, 2.45) is 0 Å². The minimum Gasteiger partial charge on any atom is -0.345 e. The van der Waals surface area contributed by atoms with E-state index in [1.165, 1.54) is 24.6 Å². The molecule has 0 unspecified atom stereocenters. The van der Waals surface area contributed by atoms with E-state index in [4.69, 9.17) is 11.6 Å². The highest BCUT2D eigenvalue weighted by molar-refractivity contribution is 7.99. The Morgan fingerprint density at radius 3 is 2.85 bits per heavy atom. The second kappa shape index (κ2) is 6.89. The molecule has 3 aromatic rings. The number of aromatic nitrogens is 5. The Morgan fingerprint density at radius 1 is 1.31 bits per heavy atom. The van der Waals surface area contributed by atoms with Crippen LogP contribution in [0.25, 0.3) is 5.69 Å². The molecule has 1 aliphatic rings. The number of nitrogens with zero attached hydrogens (tertiary/aromatic N) is 5. The molecular weight excluding hydrogens is 370 g/mol. The molecule has 0 aliphatic heterocycles. The molecule has 0 saturated heterocycles. The van der Waals surface area contributed by atoms with Crippen LogP contribution in [-0.2, 0) is 0 Å². The predicted octanol–water partition coefficient (Wildman–Crippen LogP) is 4.04.